The van der Waals surface area contributed by atoms with E-state index in [1.807, 2.05) is 37.3 Å². The molecule has 1 rings (SSSR count). The smallest absolute Gasteiger partial charge is 0.322 e. The van der Waals surface area contributed by atoms with E-state index in [9.17, 15) is 14.4 Å². The molecule has 0 spiro atoms. The lowest BCUT2D eigenvalue weighted by atomic mass is 10.1. The van der Waals surface area contributed by atoms with Crippen molar-refractivity contribution < 1.29 is 19.5 Å². The Kier molecular flexibility index (Phi) is 6.94. The molecule has 0 aliphatic heterocycles. The van der Waals surface area contributed by atoms with E-state index in [1.165, 1.54) is 0 Å². The van der Waals surface area contributed by atoms with E-state index in [0.717, 1.165) is 5.56 Å². The molecule has 1 aromatic carbocycles. The van der Waals surface area contributed by atoms with Crippen molar-refractivity contribution in [2.45, 2.75) is 32.2 Å². The van der Waals surface area contributed by atoms with Crippen molar-refractivity contribution in [3.63, 3.8) is 0 Å². The third-order valence-corrected chi connectivity index (χ3v) is 2.85. The monoisotopic (exact) mass is 292 g/mol. The van der Waals surface area contributed by atoms with Crippen molar-refractivity contribution in [2.24, 2.45) is 0 Å². The van der Waals surface area contributed by atoms with Crippen molar-refractivity contribution >= 4 is 17.8 Å². The van der Waals surface area contributed by atoms with Gasteiger partial charge in [-0.3, -0.25) is 14.4 Å². The SMILES string of the molecule is CCCC(NC(=O)Cc1ccccc1)C(=O)NCC(=O)O. The molecule has 0 heterocycles. The number of carbonyl (C=O) groups is 3. The second-order valence-corrected chi connectivity index (χ2v) is 4.68. The average Bonchev–Trinajstić information content (AvgIpc) is 2.45. The number of carbonyl (C=O) groups excluding carboxylic acids is 2. The van der Waals surface area contributed by atoms with Crippen molar-refractivity contribution in [1.29, 1.82) is 0 Å². The third-order valence-electron chi connectivity index (χ3n) is 2.85. The summed E-state index contributed by atoms with van der Waals surface area (Å²) in [5.41, 5.74) is 0.858. The van der Waals surface area contributed by atoms with Crippen LogP contribution in [0.3, 0.4) is 0 Å². The topological polar surface area (TPSA) is 95.5 Å². The predicted octanol–water partition coefficient (Wildman–Crippen LogP) is 0.715. The lowest BCUT2D eigenvalue weighted by Gasteiger charge is -2.17. The molecule has 6 heteroatoms. The molecular formula is C15H20N2O4. The molecule has 0 fully saturated rings. The Balaban J connectivity index is 2.54. The lowest BCUT2D eigenvalue weighted by molar-refractivity contribution is -0.138. The highest BCUT2D eigenvalue weighted by Crippen LogP contribution is 2.02. The van der Waals surface area contributed by atoms with E-state index in [1.54, 1.807) is 0 Å². The molecule has 2 amide bonds. The van der Waals surface area contributed by atoms with Crippen LogP contribution in [0.1, 0.15) is 25.3 Å². The molecule has 3 N–H and O–H groups in total. The van der Waals surface area contributed by atoms with Crippen LogP contribution in [-0.2, 0) is 20.8 Å². The van der Waals surface area contributed by atoms with Crippen LogP contribution >= 0.6 is 0 Å². The molecule has 6 nitrogen and oxygen atoms in total. The zero-order chi connectivity index (χ0) is 15.7. The fraction of sp³-hybridized carbons (Fsp3) is 0.400. The Morgan fingerprint density at radius 2 is 1.86 bits per heavy atom. The van der Waals surface area contributed by atoms with Gasteiger partial charge in [-0.15, -0.1) is 0 Å². The standard InChI is InChI=1S/C15H20N2O4/c1-2-6-12(15(21)16-10-14(19)20)17-13(18)9-11-7-4-3-5-8-11/h3-5,7-8,12H,2,6,9-10H2,1H3,(H,16,21)(H,17,18)(H,19,20). The number of nitrogens with one attached hydrogen (secondary N) is 2. The quantitative estimate of drug-likeness (QED) is 0.657. The fourth-order valence-electron chi connectivity index (χ4n) is 1.87. The van der Waals surface area contributed by atoms with Gasteiger partial charge < -0.3 is 15.7 Å². The van der Waals surface area contributed by atoms with Crippen LogP contribution in [0.5, 0.6) is 0 Å². The van der Waals surface area contributed by atoms with Gasteiger partial charge in [0.2, 0.25) is 11.8 Å². The summed E-state index contributed by atoms with van der Waals surface area (Å²) < 4.78 is 0. The number of hydrogen-bond donors (Lipinski definition) is 3. The molecule has 0 aromatic heterocycles. The number of hydrogen-bond acceptors (Lipinski definition) is 3. The first-order valence-electron chi connectivity index (χ1n) is 6.85. The summed E-state index contributed by atoms with van der Waals surface area (Å²) >= 11 is 0. The summed E-state index contributed by atoms with van der Waals surface area (Å²) in [6.07, 6.45) is 1.36. The summed E-state index contributed by atoms with van der Waals surface area (Å²) in [7, 11) is 0. The lowest BCUT2D eigenvalue weighted by Crippen LogP contribution is -2.48. The highest BCUT2D eigenvalue weighted by molar-refractivity contribution is 5.89. The minimum absolute atomic E-state index is 0.188. The van der Waals surface area contributed by atoms with Gasteiger partial charge in [-0.05, 0) is 12.0 Å². The normalized spacial score (nSPS) is 11.5. The van der Waals surface area contributed by atoms with Crippen molar-refractivity contribution in [3.05, 3.63) is 35.9 Å². The predicted molar refractivity (Wildman–Crippen MR) is 77.6 cm³/mol. The highest BCUT2D eigenvalue weighted by Gasteiger charge is 2.20. The molecule has 21 heavy (non-hydrogen) atoms. The zero-order valence-electron chi connectivity index (χ0n) is 12.0. The first-order valence-corrected chi connectivity index (χ1v) is 6.85. The van der Waals surface area contributed by atoms with Gasteiger partial charge in [0.15, 0.2) is 0 Å². The first kappa shape index (κ1) is 16.7. The van der Waals surface area contributed by atoms with Crippen molar-refractivity contribution in [3.8, 4) is 0 Å². The Labute approximate surface area is 123 Å². The molecule has 1 aromatic rings. The van der Waals surface area contributed by atoms with E-state index >= 15 is 0 Å². The molecule has 0 aliphatic rings. The van der Waals surface area contributed by atoms with Gasteiger partial charge in [0.05, 0.1) is 6.42 Å². The highest BCUT2D eigenvalue weighted by atomic mass is 16.4. The number of carboxylic acids is 1. The van der Waals surface area contributed by atoms with E-state index < -0.39 is 24.5 Å². The molecule has 114 valence electrons. The molecule has 0 aliphatic carbocycles. The number of aliphatic carboxylic acids is 1. The zero-order valence-corrected chi connectivity index (χ0v) is 12.0. The maximum absolute atomic E-state index is 11.9. The van der Waals surface area contributed by atoms with Gasteiger partial charge in [0, 0.05) is 0 Å². The van der Waals surface area contributed by atoms with Crippen LogP contribution in [0.4, 0.5) is 0 Å². The van der Waals surface area contributed by atoms with Gasteiger partial charge in [-0.25, -0.2) is 0 Å². The van der Waals surface area contributed by atoms with E-state index in [2.05, 4.69) is 10.6 Å². The summed E-state index contributed by atoms with van der Waals surface area (Å²) in [6, 6.07) is 8.50. The van der Waals surface area contributed by atoms with E-state index in [0.29, 0.717) is 12.8 Å². The molecule has 0 bridgehead atoms. The van der Waals surface area contributed by atoms with Gasteiger partial charge in [0.1, 0.15) is 12.6 Å². The summed E-state index contributed by atoms with van der Waals surface area (Å²) in [5.74, 6) is -1.85. The second-order valence-electron chi connectivity index (χ2n) is 4.68. The minimum Gasteiger partial charge on any atom is -0.480 e. The van der Waals surface area contributed by atoms with E-state index in [4.69, 9.17) is 5.11 Å². The summed E-state index contributed by atoms with van der Waals surface area (Å²) in [5, 5.41) is 13.5. The first-order chi connectivity index (χ1) is 10.0. The average molecular weight is 292 g/mol. The molecule has 0 saturated heterocycles. The van der Waals surface area contributed by atoms with Crippen LogP contribution in [0.25, 0.3) is 0 Å². The second kappa shape index (κ2) is 8.73. The Hall–Kier alpha value is -2.37. The number of benzene rings is 1. The fourth-order valence-corrected chi connectivity index (χ4v) is 1.87. The van der Waals surface area contributed by atoms with Gasteiger partial charge >= 0.3 is 5.97 Å². The largest absolute Gasteiger partial charge is 0.480 e. The van der Waals surface area contributed by atoms with E-state index in [-0.39, 0.29) is 12.3 Å². The number of carboxylic acid groups (broad SMARTS) is 1. The van der Waals surface area contributed by atoms with Gasteiger partial charge in [-0.1, -0.05) is 43.7 Å². The van der Waals surface area contributed by atoms with Crippen molar-refractivity contribution in [1.82, 2.24) is 10.6 Å². The van der Waals surface area contributed by atoms with Crippen LogP contribution in [0.2, 0.25) is 0 Å². The maximum atomic E-state index is 11.9. The van der Waals surface area contributed by atoms with Crippen molar-refractivity contribution in [2.75, 3.05) is 6.54 Å². The molecule has 1 atom stereocenters. The molecule has 0 saturated carbocycles. The van der Waals surface area contributed by atoms with Crippen LogP contribution < -0.4 is 10.6 Å². The minimum atomic E-state index is -1.12. The van der Waals surface area contributed by atoms with Crippen LogP contribution in [0, 0.1) is 0 Å². The number of amides is 2. The third kappa shape index (κ3) is 6.56. The Morgan fingerprint density at radius 3 is 2.43 bits per heavy atom. The van der Waals surface area contributed by atoms with Crippen LogP contribution in [-0.4, -0.2) is 35.5 Å². The Bertz CT molecular complexity index is 488. The number of rotatable bonds is 8. The summed E-state index contributed by atoms with van der Waals surface area (Å²) in [6.45, 7) is 1.44. The molecule has 1 unspecified atom stereocenters. The molecule has 0 radical (unpaired) electrons. The maximum Gasteiger partial charge on any atom is 0.322 e. The van der Waals surface area contributed by atoms with Gasteiger partial charge in [-0.2, -0.15) is 0 Å². The Morgan fingerprint density at radius 1 is 1.19 bits per heavy atom. The molecular weight excluding hydrogens is 272 g/mol. The van der Waals surface area contributed by atoms with Crippen LogP contribution in [0.15, 0.2) is 30.3 Å². The summed E-state index contributed by atoms with van der Waals surface area (Å²) in [4.78, 5) is 34.2. The van der Waals surface area contributed by atoms with Gasteiger partial charge in [0.25, 0.3) is 0 Å².